The predicted molar refractivity (Wildman–Crippen MR) is 246 cm³/mol. The first-order valence-electron chi connectivity index (χ1n) is 22.3. The van der Waals surface area contributed by atoms with Crippen LogP contribution in [0.25, 0.3) is 0 Å². The number of carbonyl (C=O) groups is 6. The third kappa shape index (κ3) is 10.8. The lowest BCUT2D eigenvalue weighted by molar-refractivity contribution is -0.140. The molecule has 0 bridgehead atoms. The zero-order valence-electron chi connectivity index (χ0n) is 38.7. The summed E-state index contributed by atoms with van der Waals surface area (Å²) < 4.78 is 9.56. The summed E-state index contributed by atoms with van der Waals surface area (Å²) in [6.45, 7) is 14.1. The molecule has 0 radical (unpaired) electrons. The molecule has 3 aromatic rings. The van der Waals surface area contributed by atoms with Crippen LogP contribution >= 0.6 is 0 Å². The number of hydrogen-bond acceptors (Lipinski definition) is 9. The van der Waals surface area contributed by atoms with Gasteiger partial charge in [0.15, 0.2) is 0 Å². The van der Waals surface area contributed by atoms with Crippen molar-refractivity contribution in [2.45, 2.75) is 123 Å². The summed E-state index contributed by atoms with van der Waals surface area (Å²) in [6.07, 6.45) is 2.73. The molecular formula is C49H65N7O8. The molecule has 3 aliphatic heterocycles. The van der Waals surface area contributed by atoms with Gasteiger partial charge in [-0.2, -0.15) is 0 Å². The van der Waals surface area contributed by atoms with Crippen LogP contribution in [0.4, 0.5) is 26.7 Å². The average Bonchev–Trinajstić information content (AvgIpc) is 4.05. The van der Waals surface area contributed by atoms with Crippen LogP contribution in [-0.2, 0) is 28.7 Å². The Morgan fingerprint density at radius 3 is 1.28 bits per heavy atom. The van der Waals surface area contributed by atoms with E-state index in [1.54, 1.807) is 9.80 Å². The molecule has 6 atom stereocenters. The lowest BCUT2D eigenvalue weighted by Crippen LogP contribution is -2.57. The van der Waals surface area contributed by atoms with E-state index < -0.39 is 47.2 Å². The highest BCUT2D eigenvalue weighted by atomic mass is 16.5. The molecule has 3 fully saturated rings. The summed E-state index contributed by atoms with van der Waals surface area (Å²) in [5.74, 6) is -1.18. The van der Waals surface area contributed by atoms with Crippen LogP contribution in [0, 0.1) is 17.8 Å². The van der Waals surface area contributed by atoms with E-state index in [0.717, 1.165) is 35.2 Å². The third-order valence-corrected chi connectivity index (χ3v) is 12.6. The van der Waals surface area contributed by atoms with Crippen LogP contribution in [0.5, 0.6) is 0 Å². The largest absolute Gasteiger partial charge is 0.453 e. The van der Waals surface area contributed by atoms with Crippen molar-refractivity contribution in [1.29, 1.82) is 0 Å². The normalized spacial score (nSPS) is 20.9. The smallest absolute Gasteiger partial charge is 0.407 e. The van der Waals surface area contributed by atoms with Crippen LogP contribution in [0.1, 0.15) is 109 Å². The van der Waals surface area contributed by atoms with Crippen molar-refractivity contribution in [3.05, 3.63) is 89.5 Å². The number of rotatable bonds is 11. The maximum atomic E-state index is 13.7. The molecule has 0 spiro atoms. The Bertz CT molecular complexity index is 2030. The molecule has 4 N–H and O–H groups in total. The number of benzene rings is 3. The molecule has 0 saturated carbocycles. The Morgan fingerprint density at radius 2 is 0.938 bits per heavy atom. The van der Waals surface area contributed by atoms with Crippen LogP contribution < -0.4 is 26.2 Å². The second kappa shape index (κ2) is 19.7. The Balaban J connectivity index is 1.14. The summed E-state index contributed by atoms with van der Waals surface area (Å²) in [7, 11) is 2.50. The fourth-order valence-electron chi connectivity index (χ4n) is 9.16. The number of hydrogen-bond donors (Lipinski definition) is 4. The van der Waals surface area contributed by atoms with E-state index in [1.165, 1.54) is 14.2 Å². The molecule has 0 unspecified atom stereocenters. The van der Waals surface area contributed by atoms with E-state index in [9.17, 15) is 28.8 Å². The van der Waals surface area contributed by atoms with Crippen LogP contribution in [0.15, 0.2) is 72.8 Å². The molecule has 3 heterocycles. The Labute approximate surface area is 377 Å². The first-order chi connectivity index (χ1) is 30.3. The molecule has 64 heavy (non-hydrogen) atoms. The molecule has 3 aliphatic rings. The van der Waals surface area contributed by atoms with Gasteiger partial charge in [-0.1, -0.05) is 83.5 Å². The molecule has 344 valence electrons. The lowest BCUT2D eigenvalue weighted by Gasteiger charge is -2.35. The van der Waals surface area contributed by atoms with Crippen LogP contribution in [-0.4, -0.2) is 97.1 Å². The summed E-state index contributed by atoms with van der Waals surface area (Å²) in [6, 6.07) is 21.3. The number of methoxy groups -OCH3 is 2. The van der Waals surface area contributed by atoms with Crippen molar-refractivity contribution in [3.8, 4) is 0 Å². The van der Waals surface area contributed by atoms with E-state index in [0.29, 0.717) is 50.1 Å². The van der Waals surface area contributed by atoms with Crippen molar-refractivity contribution in [3.63, 3.8) is 0 Å². The third-order valence-electron chi connectivity index (χ3n) is 12.6. The number of anilines is 3. The van der Waals surface area contributed by atoms with Gasteiger partial charge in [-0.3, -0.25) is 19.2 Å². The molecule has 6 rings (SSSR count). The molecule has 3 aromatic carbocycles. The highest BCUT2D eigenvalue weighted by Gasteiger charge is 2.44. The van der Waals surface area contributed by atoms with Gasteiger partial charge in [0.05, 0.1) is 26.3 Å². The maximum absolute atomic E-state index is 13.7. The van der Waals surface area contributed by atoms with Gasteiger partial charge >= 0.3 is 12.2 Å². The standard InChI is InChI=1S/C49H65N7O8/c1-30-14-24-35(25-15-30)56-36(31-16-20-33(21-17-31)50-42(57)38-12-10-28-54(38)44(59)40(48(2,3)4)52-46(61)63-8)26-27-37(56)32-18-22-34(23-19-32)51-43(58)39-13-11-29-55(39)45(60)41(49(5,6)7)53-47(62)64-9/h14-25,36-41H,10-13,26-29H2,1-9H3,(H,50,57)(H,51,58)(H,52,61)(H,53,62)/t36-,37-,38+,39+,40-,41-/m1/s1. The van der Waals surface area contributed by atoms with Crippen molar-refractivity contribution >= 4 is 52.9 Å². The van der Waals surface area contributed by atoms with Gasteiger partial charge in [0.25, 0.3) is 0 Å². The first kappa shape index (κ1) is 47.4. The van der Waals surface area contributed by atoms with E-state index >= 15 is 0 Å². The van der Waals surface area contributed by atoms with Crippen LogP contribution in [0.3, 0.4) is 0 Å². The van der Waals surface area contributed by atoms with E-state index in [4.69, 9.17) is 9.47 Å². The Hall–Kier alpha value is -6.12. The number of amides is 6. The zero-order valence-corrected chi connectivity index (χ0v) is 38.7. The van der Waals surface area contributed by atoms with Gasteiger partial charge < -0.3 is 45.4 Å². The molecular weight excluding hydrogens is 815 g/mol. The van der Waals surface area contributed by atoms with Gasteiger partial charge in [-0.25, -0.2) is 9.59 Å². The number of alkyl carbamates (subject to hydrolysis) is 2. The molecule has 15 nitrogen and oxygen atoms in total. The number of ether oxygens (including phenoxy) is 2. The summed E-state index contributed by atoms with van der Waals surface area (Å²) in [4.78, 5) is 84.7. The minimum Gasteiger partial charge on any atom is -0.453 e. The lowest BCUT2D eigenvalue weighted by atomic mass is 9.85. The fraction of sp³-hybridized carbons (Fsp3) is 0.510. The van der Waals surface area contributed by atoms with Crippen molar-refractivity contribution < 1.29 is 38.2 Å². The minimum atomic E-state index is -0.864. The zero-order chi connectivity index (χ0) is 46.5. The summed E-state index contributed by atoms with van der Waals surface area (Å²) >= 11 is 0. The molecule has 0 aliphatic carbocycles. The second-order valence-electron chi connectivity index (χ2n) is 19.3. The van der Waals surface area contributed by atoms with Crippen molar-refractivity contribution in [2.24, 2.45) is 10.8 Å². The monoisotopic (exact) mass is 879 g/mol. The van der Waals surface area contributed by atoms with Gasteiger partial charge in [0.2, 0.25) is 23.6 Å². The number of nitrogens with zero attached hydrogens (tertiary/aromatic N) is 3. The Kier molecular flexibility index (Phi) is 14.6. The van der Waals surface area contributed by atoms with E-state index in [-0.39, 0.29) is 35.7 Å². The Morgan fingerprint density at radius 1 is 0.562 bits per heavy atom. The van der Waals surface area contributed by atoms with Gasteiger partial charge in [0.1, 0.15) is 24.2 Å². The van der Waals surface area contributed by atoms with Gasteiger partial charge in [-0.05, 0) is 104 Å². The van der Waals surface area contributed by atoms with Crippen molar-refractivity contribution in [1.82, 2.24) is 20.4 Å². The molecule has 3 saturated heterocycles. The molecule has 6 amide bonds. The summed E-state index contributed by atoms with van der Waals surface area (Å²) in [5, 5.41) is 11.4. The topological polar surface area (TPSA) is 179 Å². The predicted octanol–water partition coefficient (Wildman–Crippen LogP) is 7.48. The highest BCUT2D eigenvalue weighted by molar-refractivity contribution is 6.00. The minimum absolute atomic E-state index is 0.0351. The van der Waals surface area contributed by atoms with Gasteiger partial charge in [0, 0.05) is 30.2 Å². The SMILES string of the molecule is COC(=O)N[C@H](C(=O)N1CCC[C@H]1C(=O)Nc1ccc([C@H]2CC[C@H](c3ccc(NC(=O)[C@@H]4CCCN4C(=O)[C@@H](NC(=O)OC)C(C)(C)C)cc3)N2c2ccc(C)cc2)cc1)C(C)(C)C. The number of aryl methyl sites for hydroxylation is 1. The second-order valence-corrected chi connectivity index (χ2v) is 19.3. The van der Waals surface area contributed by atoms with E-state index in [1.807, 2.05) is 90.1 Å². The maximum Gasteiger partial charge on any atom is 0.407 e. The average molecular weight is 880 g/mol. The quantitative estimate of drug-likeness (QED) is 0.152. The van der Waals surface area contributed by atoms with Crippen molar-refractivity contribution in [2.75, 3.05) is 42.8 Å². The molecule has 0 aromatic heterocycles. The fourth-order valence-corrected chi connectivity index (χ4v) is 9.16. The first-order valence-corrected chi connectivity index (χ1v) is 22.3. The number of carbonyl (C=O) groups excluding carboxylic acids is 6. The van der Waals surface area contributed by atoms with Gasteiger partial charge in [-0.15, -0.1) is 0 Å². The number of likely N-dealkylation sites (tertiary alicyclic amines) is 2. The number of nitrogens with one attached hydrogen (secondary N) is 4. The summed E-state index contributed by atoms with van der Waals surface area (Å²) in [5.41, 5.74) is 4.46. The van der Waals surface area contributed by atoms with Crippen LogP contribution in [0.2, 0.25) is 0 Å². The molecule has 15 heteroatoms. The highest BCUT2D eigenvalue weighted by Crippen LogP contribution is 2.47. The van der Waals surface area contributed by atoms with E-state index in [2.05, 4.69) is 57.4 Å².